The van der Waals surface area contributed by atoms with Gasteiger partial charge in [-0.1, -0.05) is 0 Å². The Balaban J connectivity index is 1.78. The van der Waals surface area contributed by atoms with Crippen molar-refractivity contribution in [3.05, 3.63) is 41.6 Å². The van der Waals surface area contributed by atoms with Gasteiger partial charge in [0.2, 0.25) is 12.3 Å². The van der Waals surface area contributed by atoms with Crippen molar-refractivity contribution in [1.82, 2.24) is 15.2 Å². The molecule has 1 unspecified atom stereocenters. The van der Waals surface area contributed by atoms with E-state index in [2.05, 4.69) is 20.2 Å². The molecule has 0 aromatic carbocycles. The van der Waals surface area contributed by atoms with Gasteiger partial charge in [-0.15, -0.1) is 21.5 Å². The Labute approximate surface area is 170 Å². The molecule has 1 aliphatic rings. The van der Waals surface area contributed by atoms with Crippen molar-refractivity contribution in [1.29, 1.82) is 0 Å². The maximum absolute atomic E-state index is 14.9. The average molecular weight is 436 g/mol. The van der Waals surface area contributed by atoms with E-state index in [0.717, 1.165) is 11.3 Å². The van der Waals surface area contributed by atoms with E-state index in [1.165, 1.54) is 26.3 Å². The van der Waals surface area contributed by atoms with Crippen LogP contribution in [0.25, 0.3) is 21.9 Å². The van der Waals surface area contributed by atoms with Crippen LogP contribution in [-0.2, 0) is 15.4 Å². The van der Waals surface area contributed by atoms with Crippen molar-refractivity contribution in [2.24, 2.45) is 10.7 Å². The van der Waals surface area contributed by atoms with Gasteiger partial charge in [0.15, 0.2) is 9.84 Å². The molecule has 152 valence electrons. The van der Waals surface area contributed by atoms with Gasteiger partial charge in [0.1, 0.15) is 21.9 Å². The normalized spacial score (nSPS) is 23.0. The number of amidine groups is 1. The molecule has 4 heterocycles. The Morgan fingerprint density at radius 3 is 2.59 bits per heavy atom. The zero-order valence-electron chi connectivity index (χ0n) is 15.9. The van der Waals surface area contributed by atoms with Crippen molar-refractivity contribution in [2.45, 2.75) is 31.1 Å². The molecule has 1 atom stereocenters. The van der Waals surface area contributed by atoms with Crippen molar-refractivity contribution in [3.8, 4) is 21.9 Å². The molecule has 0 spiro atoms. The highest BCUT2D eigenvalue weighted by molar-refractivity contribution is 7.93. The fourth-order valence-corrected chi connectivity index (χ4v) is 6.00. The minimum Gasteiger partial charge on any atom is -0.423 e. The molecule has 0 aliphatic carbocycles. The van der Waals surface area contributed by atoms with Gasteiger partial charge in [-0.2, -0.15) is 0 Å². The third-order valence-electron chi connectivity index (χ3n) is 5.04. The largest absolute Gasteiger partial charge is 0.423 e. The third kappa shape index (κ3) is 3.14. The summed E-state index contributed by atoms with van der Waals surface area (Å²) >= 11 is 1.12. The molecule has 11 heteroatoms. The predicted octanol–water partition coefficient (Wildman–Crippen LogP) is 2.78. The van der Waals surface area contributed by atoms with E-state index in [1.54, 1.807) is 25.4 Å². The summed E-state index contributed by atoms with van der Waals surface area (Å²) in [5, 5.41) is 7.48. The molecule has 8 nitrogen and oxygen atoms in total. The molecule has 1 aliphatic heterocycles. The summed E-state index contributed by atoms with van der Waals surface area (Å²) in [6.07, 6.45) is 4.35. The molecule has 0 radical (unpaired) electrons. The van der Waals surface area contributed by atoms with Crippen molar-refractivity contribution >= 4 is 27.0 Å². The third-order valence-corrected chi connectivity index (χ3v) is 9.16. The highest BCUT2D eigenvalue weighted by Crippen LogP contribution is 2.43. The van der Waals surface area contributed by atoms with Gasteiger partial charge in [-0.05, 0) is 32.9 Å². The van der Waals surface area contributed by atoms with Crippen LogP contribution >= 0.6 is 11.3 Å². The number of aromatic nitrogens is 3. The number of halogens is 1. The van der Waals surface area contributed by atoms with Crippen molar-refractivity contribution in [3.63, 3.8) is 0 Å². The lowest BCUT2D eigenvalue weighted by Crippen LogP contribution is -2.54. The Bertz CT molecular complexity index is 1220. The van der Waals surface area contributed by atoms with Crippen LogP contribution in [-0.4, -0.2) is 39.9 Å². The molecule has 3 aromatic rings. The molecule has 0 saturated carbocycles. The van der Waals surface area contributed by atoms with Crippen LogP contribution in [0.1, 0.15) is 25.6 Å². The van der Waals surface area contributed by atoms with E-state index in [9.17, 15) is 12.8 Å². The van der Waals surface area contributed by atoms with E-state index < -0.39 is 25.9 Å². The summed E-state index contributed by atoms with van der Waals surface area (Å²) < 4.78 is 44.3. The van der Waals surface area contributed by atoms with E-state index >= 15 is 0 Å². The van der Waals surface area contributed by atoms with Gasteiger partial charge in [-0.3, -0.25) is 9.98 Å². The van der Waals surface area contributed by atoms with Crippen LogP contribution in [0.3, 0.4) is 0 Å². The van der Waals surface area contributed by atoms with Crippen LogP contribution in [0.15, 0.2) is 40.3 Å². The number of nitrogens with two attached hydrogens (primary N) is 1. The lowest BCUT2D eigenvalue weighted by molar-refractivity contribution is 0.486. The minimum absolute atomic E-state index is 0.0272. The van der Waals surface area contributed by atoms with E-state index in [4.69, 9.17) is 10.2 Å². The molecule has 4 rings (SSSR count). The monoisotopic (exact) mass is 435 g/mol. The summed E-state index contributed by atoms with van der Waals surface area (Å²) in [5.74, 6) is -0.602. The Morgan fingerprint density at radius 1 is 1.21 bits per heavy atom. The topological polar surface area (TPSA) is 124 Å². The number of aliphatic imine (C=N–C) groups is 1. The van der Waals surface area contributed by atoms with Crippen molar-refractivity contribution in [2.75, 3.05) is 5.75 Å². The smallest absolute Gasteiger partial charge is 0.249 e. The fourth-order valence-electron chi connectivity index (χ4n) is 3.13. The second-order valence-corrected chi connectivity index (χ2v) is 11.1. The average Bonchev–Trinajstić information content (AvgIpc) is 3.30. The fraction of sp³-hybridized carbons (Fsp3) is 0.333. The first-order valence-electron chi connectivity index (χ1n) is 8.63. The number of pyridine rings is 1. The number of hydrogen-bond donors (Lipinski definition) is 1. The Morgan fingerprint density at radius 2 is 1.93 bits per heavy atom. The second-order valence-electron chi connectivity index (χ2n) is 7.53. The van der Waals surface area contributed by atoms with Crippen LogP contribution in [0.5, 0.6) is 0 Å². The number of rotatable bonds is 3. The van der Waals surface area contributed by atoms with Gasteiger partial charge >= 0.3 is 0 Å². The van der Waals surface area contributed by atoms with E-state index in [1.807, 2.05) is 0 Å². The highest BCUT2D eigenvalue weighted by Gasteiger charge is 2.50. The first-order valence-corrected chi connectivity index (χ1v) is 11.1. The van der Waals surface area contributed by atoms with Gasteiger partial charge in [0, 0.05) is 22.8 Å². The molecular weight excluding hydrogens is 417 g/mol. The molecule has 0 bridgehead atoms. The molecule has 3 aromatic heterocycles. The number of thiophene rings is 1. The Kier molecular flexibility index (Phi) is 4.35. The van der Waals surface area contributed by atoms with Crippen LogP contribution in [0.4, 0.5) is 4.39 Å². The summed E-state index contributed by atoms with van der Waals surface area (Å²) in [5.41, 5.74) is 5.88. The van der Waals surface area contributed by atoms with Crippen molar-refractivity contribution < 1.29 is 17.2 Å². The standard InChI is InChI=1S/C18H18FN5O3S2/c1-17(2)16(20)23-18(3,8-29(17,25)26)14-12(19)5-13(28-14)10-4-11(7-21-6-10)15-24-22-9-27-15/h4-7,9H,8H2,1-3H3,(H2,20,23). The quantitative estimate of drug-likeness (QED) is 0.671. The summed E-state index contributed by atoms with van der Waals surface area (Å²) in [6.45, 7) is 4.59. The SMILES string of the molecule is CC1(c2sc(-c3cncc(-c4nnco4)c3)cc2F)CS(=O)(=O)C(C)(C)C(N)=N1. The lowest BCUT2D eigenvalue weighted by Gasteiger charge is -2.37. The predicted molar refractivity (Wildman–Crippen MR) is 108 cm³/mol. The molecule has 0 amide bonds. The first kappa shape index (κ1) is 19.6. The molecule has 0 saturated heterocycles. The lowest BCUT2D eigenvalue weighted by atomic mass is 10.0. The van der Waals surface area contributed by atoms with Gasteiger partial charge < -0.3 is 10.2 Å². The molecule has 2 N–H and O–H groups in total. The van der Waals surface area contributed by atoms with Gasteiger partial charge in [0.25, 0.3) is 0 Å². The van der Waals surface area contributed by atoms with Gasteiger partial charge in [0.05, 0.1) is 16.2 Å². The zero-order chi connectivity index (χ0) is 21.0. The van der Waals surface area contributed by atoms with Crippen LogP contribution in [0, 0.1) is 5.82 Å². The summed E-state index contributed by atoms with van der Waals surface area (Å²) in [7, 11) is -3.63. The minimum atomic E-state index is -3.63. The Hall–Kier alpha value is -2.66. The van der Waals surface area contributed by atoms with Crippen LogP contribution in [0.2, 0.25) is 0 Å². The highest BCUT2D eigenvalue weighted by atomic mass is 32.2. The second kappa shape index (κ2) is 6.42. The van der Waals surface area contributed by atoms with Crippen LogP contribution < -0.4 is 5.73 Å². The summed E-state index contributed by atoms with van der Waals surface area (Å²) in [6, 6.07) is 3.09. The first-order chi connectivity index (χ1) is 13.5. The molecular formula is C18H18FN5O3S2. The number of sulfone groups is 1. The maximum atomic E-state index is 14.9. The maximum Gasteiger partial charge on any atom is 0.249 e. The molecule has 29 heavy (non-hydrogen) atoms. The molecule has 0 fully saturated rings. The van der Waals surface area contributed by atoms with Gasteiger partial charge in [-0.25, -0.2) is 12.8 Å². The van der Waals surface area contributed by atoms with E-state index in [0.29, 0.717) is 21.9 Å². The van der Waals surface area contributed by atoms with E-state index in [-0.39, 0.29) is 16.5 Å². The number of hydrogen-bond acceptors (Lipinski definition) is 9. The zero-order valence-corrected chi connectivity index (χ0v) is 17.5. The summed E-state index contributed by atoms with van der Waals surface area (Å²) in [4.78, 5) is 9.33. The number of nitrogens with zero attached hydrogens (tertiary/aromatic N) is 4.